The maximum atomic E-state index is 12.0. The molecule has 0 atom stereocenters. The number of carbonyl (C=O) groups is 3. The van der Waals surface area contributed by atoms with Crippen molar-refractivity contribution < 1.29 is 19.1 Å². The zero-order valence-corrected chi connectivity index (χ0v) is 11.6. The lowest BCUT2D eigenvalue weighted by molar-refractivity contribution is -0.145. The number of pyridine rings is 1. The molecule has 2 amide bonds. The van der Waals surface area contributed by atoms with E-state index in [0.29, 0.717) is 5.56 Å². The van der Waals surface area contributed by atoms with Crippen molar-refractivity contribution in [3.63, 3.8) is 0 Å². The fourth-order valence-corrected chi connectivity index (χ4v) is 2.42. The SMILES string of the molecule is CCOC(=O)CN1C(=O)SC(=Cc2cccnc2)C1=O. The Labute approximate surface area is 119 Å². The van der Waals surface area contributed by atoms with Gasteiger partial charge in [0.1, 0.15) is 6.54 Å². The molecule has 0 aromatic carbocycles. The fraction of sp³-hybridized carbons (Fsp3) is 0.231. The fourth-order valence-electron chi connectivity index (χ4n) is 1.58. The van der Waals surface area contributed by atoms with Gasteiger partial charge >= 0.3 is 5.97 Å². The van der Waals surface area contributed by atoms with Gasteiger partial charge in [0.25, 0.3) is 11.1 Å². The Balaban J connectivity index is 2.13. The minimum atomic E-state index is -0.600. The molecule has 7 heteroatoms. The maximum Gasteiger partial charge on any atom is 0.326 e. The molecule has 0 aliphatic carbocycles. The van der Waals surface area contributed by atoms with Crippen molar-refractivity contribution in [2.24, 2.45) is 0 Å². The number of carbonyl (C=O) groups excluding carboxylic acids is 3. The molecule has 0 spiro atoms. The highest BCUT2D eigenvalue weighted by molar-refractivity contribution is 8.18. The maximum absolute atomic E-state index is 12.0. The van der Waals surface area contributed by atoms with Gasteiger partial charge < -0.3 is 4.74 Å². The van der Waals surface area contributed by atoms with E-state index in [1.54, 1.807) is 37.5 Å². The van der Waals surface area contributed by atoms with E-state index in [2.05, 4.69) is 4.98 Å². The van der Waals surface area contributed by atoms with Gasteiger partial charge in [-0.1, -0.05) is 6.07 Å². The molecule has 0 radical (unpaired) electrons. The van der Waals surface area contributed by atoms with E-state index in [-0.39, 0.29) is 18.1 Å². The second-order valence-corrected chi connectivity index (χ2v) is 4.85. The Bertz CT molecular complexity index is 571. The summed E-state index contributed by atoms with van der Waals surface area (Å²) in [5, 5.41) is -0.474. The number of hydrogen-bond donors (Lipinski definition) is 0. The quantitative estimate of drug-likeness (QED) is 0.621. The number of aromatic nitrogens is 1. The Morgan fingerprint density at radius 3 is 2.95 bits per heavy atom. The highest BCUT2D eigenvalue weighted by atomic mass is 32.2. The molecule has 1 aromatic heterocycles. The van der Waals surface area contributed by atoms with Crippen LogP contribution in [0.25, 0.3) is 6.08 Å². The van der Waals surface area contributed by atoms with Gasteiger partial charge in [0.15, 0.2) is 0 Å². The van der Waals surface area contributed by atoms with E-state index in [9.17, 15) is 14.4 Å². The average Bonchev–Trinajstić information content (AvgIpc) is 2.68. The third kappa shape index (κ3) is 3.24. The van der Waals surface area contributed by atoms with Gasteiger partial charge in [-0.15, -0.1) is 0 Å². The molecular weight excluding hydrogens is 280 g/mol. The van der Waals surface area contributed by atoms with Gasteiger partial charge in [-0.25, -0.2) is 0 Å². The van der Waals surface area contributed by atoms with E-state index in [1.807, 2.05) is 0 Å². The molecule has 0 N–H and O–H groups in total. The van der Waals surface area contributed by atoms with Crippen LogP contribution >= 0.6 is 11.8 Å². The smallest absolute Gasteiger partial charge is 0.326 e. The number of imide groups is 1. The Morgan fingerprint density at radius 2 is 2.30 bits per heavy atom. The van der Waals surface area contributed by atoms with Crippen molar-refractivity contribution in [2.75, 3.05) is 13.2 Å². The summed E-state index contributed by atoms with van der Waals surface area (Å²) < 4.78 is 4.73. The highest BCUT2D eigenvalue weighted by Crippen LogP contribution is 2.31. The molecule has 1 aliphatic rings. The number of amides is 2. The van der Waals surface area contributed by atoms with Gasteiger partial charge in [-0.2, -0.15) is 0 Å². The zero-order valence-electron chi connectivity index (χ0n) is 10.7. The molecule has 1 aromatic rings. The summed E-state index contributed by atoms with van der Waals surface area (Å²) in [5.74, 6) is -1.09. The lowest BCUT2D eigenvalue weighted by Gasteiger charge is -2.10. The van der Waals surface area contributed by atoms with Crippen LogP contribution in [0.3, 0.4) is 0 Å². The average molecular weight is 292 g/mol. The summed E-state index contributed by atoms with van der Waals surface area (Å²) in [5.41, 5.74) is 0.717. The molecule has 0 saturated carbocycles. The van der Waals surface area contributed by atoms with Crippen LogP contribution in [0.2, 0.25) is 0 Å². The largest absolute Gasteiger partial charge is 0.465 e. The lowest BCUT2D eigenvalue weighted by Crippen LogP contribution is -2.34. The summed E-state index contributed by atoms with van der Waals surface area (Å²) in [6.45, 7) is 1.51. The number of thioether (sulfide) groups is 1. The highest BCUT2D eigenvalue weighted by Gasteiger charge is 2.36. The summed E-state index contributed by atoms with van der Waals surface area (Å²) in [6, 6.07) is 3.50. The summed E-state index contributed by atoms with van der Waals surface area (Å²) in [7, 11) is 0. The van der Waals surface area contributed by atoms with Crippen LogP contribution < -0.4 is 0 Å². The monoisotopic (exact) mass is 292 g/mol. The van der Waals surface area contributed by atoms with Crippen LogP contribution in [0.15, 0.2) is 29.4 Å². The van der Waals surface area contributed by atoms with Crippen LogP contribution in [0, 0.1) is 0 Å². The van der Waals surface area contributed by atoms with Gasteiger partial charge in [0.2, 0.25) is 0 Å². The molecular formula is C13H12N2O4S. The van der Waals surface area contributed by atoms with Crippen molar-refractivity contribution in [1.29, 1.82) is 0 Å². The van der Waals surface area contributed by atoms with Crippen molar-refractivity contribution in [3.05, 3.63) is 35.0 Å². The Morgan fingerprint density at radius 1 is 1.50 bits per heavy atom. The normalized spacial score (nSPS) is 16.9. The topological polar surface area (TPSA) is 76.6 Å². The van der Waals surface area contributed by atoms with E-state index in [4.69, 9.17) is 4.74 Å². The molecule has 1 aliphatic heterocycles. The number of nitrogens with zero attached hydrogens (tertiary/aromatic N) is 2. The van der Waals surface area contributed by atoms with Crippen LogP contribution in [-0.4, -0.2) is 40.2 Å². The second kappa shape index (κ2) is 6.33. The van der Waals surface area contributed by atoms with E-state index in [1.165, 1.54) is 0 Å². The van der Waals surface area contributed by atoms with Gasteiger partial charge in [0, 0.05) is 12.4 Å². The van der Waals surface area contributed by atoms with E-state index >= 15 is 0 Å². The number of ether oxygens (including phenoxy) is 1. The molecule has 1 saturated heterocycles. The number of rotatable bonds is 4. The van der Waals surface area contributed by atoms with Crippen molar-refractivity contribution in [3.8, 4) is 0 Å². The summed E-state index contributed by atoms with van der Waals surface area (Å²) in [6.07, 6.45) is 4.77. The molecule has 1 fully saturated rings. The second-order valence-electron chi connectivity index (χ2n) is 3.86. The predicted molar refractivity (Wildman–Crippen MR) is 73.5 cm³/mol. The minimum absolute atomic E-state index is 0.209. The number of esters is 1. The van der Waals surface area contributed by atoms with E-state index < -0.39 is 17.1 Å². The van der Waals surface area contributed by atoms with Crippen LogP contribution in [0.1, 0.15) is 12.5 Å². The van der Waals surface area contributed by atoms with Crippen molar-refractivity contribution in [1.82, 2.24) is 9.88 Å². The third-order valence-corrected chi connectivity index (χ3v) is 3.36. The first kappa shape index (κ1) is 14.3. The zero-order chi connectivity index (χ0) is 14.5. The first-order valence-electron chi connectivity index (χ1n) is 5.93. The molecule has 2 heterocycles. The minimum Gasteiger partial charge on any atom is -0.465 e. The van der Waals surface area contributed by atoms with Crippen LogP contribution in [0.4, 0.5) is 4.79 Å². The molecule has 0 bridgehead atoms. The van der Waals surface area contributed by atoms with Crippen molar-refractivity contribution in [2.45, 2.75) is 6.92 Å². The Kier molecular flexibility index (Phi) is 4.52. The van der Waals surface area contributed by atoms with E-state index in [0.717, 1.165) is 16.7 Å². The van der Waals surface area contributed by atoms with Crippen LogP contribution in [0.5, 0.6) is 0 Å². The summed E-state index contributed by atoms with van der Waals surface area (Å²) in [4.78, 5) is 40.2. The molecule has 2 rings (SSSR count). The first-order chi connectivity index (χ1) is 9.61. The van der Waals surface area contributed by atoms with Gasteiger partial charge in [-0.3, -0.25) is 24.3 Å². The Hall–Kier alpha value is -2.15. The lowest BCUT2D eigenvalue weighted by atomic mass is 10.2. The molecule has 104 valence electrons. The van der Waals surface area contributed by atoms with Gasteiger partial charge in [0.05, 0.1) is 11.5 Å². The standard InChI is InChI=1S/C13H12N2O4S/c1-2-19-11(16)8-15-12(17)10(20-13(15)18)6-9-4-3-5-14-7-9/h3-7H,2,8H2,1H3. The van der Waals surface area contributed by atoms with Crippen LogP contribution in [-0.2, 0) is 14.3 Å². The predicted octanol–water partition coefficient (Wildman–Crippen LogP) is 1.68. The molecule has 6 nitrogen and oxygen atoms in total. The third-order valence-electron chi connectivity index (χ3n) is 2.45. The summed E-state index contributed by atoms with van der Waals surface area (Å²) >= 11 is 0.800. The molecule has 20 heavy (non-hydrogen) atoms. The number of hydrogen-bond acceptors (Lipinski definition) is 6. The van der Waals surface area contributed by atoms with Gasteiger partial charge in [-0.05, 0) is 36.4 Å². The first-order valence-corrected chi connectivity index (χ1v) is 6.74. The molecule has 0 unspecified atom stereocenters. The van der Waals surface area contributed by atoms with Crippen molar-refractivity contribution >= 4 is 35.0 Å².